The van der Waals surface area contributed by atoms with Crippen LogP contribution in [0.5, 0.6) is 5.75 Å². The summed E-state index contributed by atoms with van der Waals surface area (Å²) in [6.45, 7) is 0.836. The molecule has 0 fully saturated rings. The lowest BCUT2D eigenvalue weighted by Crippen LogP contribution is -2.27. The average molecular weight is 229 g/mol. The molecule has 1 rings (SSSR count). The van der Waals surface area contributed by atoms with E-state index in [1.807, 2.05) is 32.3 Å². The van der Waals surface area contributed by atoms with Crippen molar-refractivity contribution in [1.29, 1.82) is 0 Å². The summed E-state index contributed by atoms with van der Waals surface area (Å²) in [5.74, 6) is 0.781. The van der Waals surface area contributed by atoms with Crippen molar-refractivity contribution < 1.29 is 4.74 Å². The van der Waals surface area contributed by atoms with Crippen LogP contribution in [0.1, 0.15) is 11.6 Å². The van der Waals surface area contributed by atoms with Crippen LogP contribution >= 0.6 is 11.6 Å². The average Bonchev–Trinajstić information content (AvgIpc) is 2.26. The number of hydrogen-bond donors (Lipinski definition) is 2. The van der Waals surface area contributed by atoms with E-state index in [0.717, 1.165) is 22.9 Å². The third kappa shape index (κ3) is 3.09. The summed E-state index contributed by atoms with van der Waals surface area (Å²) in [6, 6.07) is 5.95. The molecule has 0 aliphatic heterocycles. The van der Waals surface area contributed by atoms with Crippen LogP contribution in [0, 0.1) is 0 Å². The van der Waals surface area contributed by atoms with Crippen molar-refractivity contribution in [1.82, 2.24) is 10.6 Å². The maximum Gasteiger partial charge on any atom is 0.120 e. The van der Waals surface area contributed by atoms with Gasteiger partial charge in [0.15, 0.2) is 0 Å². The lowest BCUT2D eigenvalue weighted by molar-refractivity contribution is 0.414. The van der Waals surface area contributed by atoms with E-state index >= 15 is 0 Å². The Morgan fingerprint density at radius 2 is 2.13 bits per heavy atom. The number of nitrogens with one attached hydrogen (secondary N) is 2. The largest absolute Gasteiger partial charge is 0.497 e. The molecule has 1 aromatic rings. The van der Waals surface area contributed by atoms with Crippen LogP contribution in [0.25, 0.3) is 0 Å². The van der Waals surface area contributed by atoms with E-state index in [0.29, 0.717) is 0 Å². The molecule has 0 heterocycles. The summed E-state index contributed by atoms with van der Waals surface area (Å²) in [6.07, 6.45) is 0. The molecule has 0 spiro atoms. The lowest BCUT2D eigenvalue weighted by Gasteiger charge is -2.17. The third-order valence-electron chi connectivity index (χ3n) is 2.34. The van der Waals surface area contributed by atoms with Gasteiger partial charge in [0.1, 0.15) is 5.75 Å². The Morgan fingerprint density at radius 3 is 2.60 bits per heavy atom. The normalized spacial score (nSPS) is 12.5. The highest BCUT2D eigenvalue weighted by Gasteiger charge is 2.12. The second-order valence-electron chi connectivity index (χ2n) is 3.29. The lowest BCUT2D eigenvalue weighted by atomic mass is 10.1. The van der Waals surface area contributed by atoms with Crippen LogP contribution in [0.3, 0.4) is 0 Å². The summed E-state index contributed by atoms with van der Waals surface area (Å²) < 4.78 is 5.10. The number of benzene rings is 1. The molecule has 1 unspecified atom stereocenters. The zero-order chi connectivity index (χ0) is 11.3. The quantitative estimate of drug-likeness (QED) is 0.807. The van der Waals surface area contributed by atoms with E-state index in [4.69, 9.17) is 16.3 Å². The standard InChI is InChI=1S/C11H17ClN2O/c1-13-7-11(14-2)9-5-4-8(15-3)6-10(9)12/h4-6,11,13-14H,7H2,1-3H3. The zero-order valence-corrected chi connectivity index (χ0v) is 10.1. The smallest absolute Gasteiger partial charge is 0.120 e. The Hall–Kier alpha value is -0.770. The van der Waals surface area contributed by atoms with Crippen LogP contribution in [0.4, 0.5) is 0 Å². The van der Waals surface area contributed by atoms with Crippen molar-refractivity contribution in [3.63, 3.8) is 0 Å². The Kier molecular flexibility index (Phi) is 4.88. The molecule has 0 aliphatic rings. The number of halogens is 1. The Balaban J connectivity index is 2.92. The van der Waals surface area contributed by atoms with Crippen molar-refractivity contribution in [2.24, 2.45) is 0 Å². The minimum Gasteiger partial charge on any atom is -0.497 e. The first-order valence-electron chi connectivity index (χ1n) is 4.88. The molecule has 0 radical (unpaired) electrons. The van der Waals surface area contributed by atoms with Crippen LogP contribution in [0.2, 0.25) is 5.02 Å². The maximum atomic E-state index is 6.17. The SMILES string of the molecule is CNCC(NC)c1ccc(OC)cc1Cl. The highest BCUT2D eigenvalue weighted by Crippen LogP contribution is 2.26. The van der Waals surface area contributed by atoms with Crippen LogP contribution < -0.4 is 15.4 Å². The topological polar surface area (TPSA) is 33.3 Å². The van der Waals surface area contributed by atoms with Gasteiger partial charge in [-0.2, -0.15) is 0 Å². The van der Waals surface area contributed by atoms with Crippen molar-refractivity contribution in [3.8, 4) is 5.75 Å². The number of methoxy groups -OCH3 is 1. The van der Waals surface area contributed by atoms with Crippen molar-refractivity contribution in [2.75, 3.05) is 27.7 Å². The molecule has 0 aromatic heterocycles. The van der Waals surface area contributed by atoms with E-state index in [2.05, 4.69) is 10.6 Å². The molecule has 2 N–H and O–H groups in total. The first-order chi connectivity index (χ1) is 7.22. The first kappa shape index (κ1) is 12.3. The molecule has 1 atom stereocenters. The van der Waals surface area contributed by atoms with Crippen molar-refractivity contribution in [2.45, 2.75) is 6.04 Å². The van der Waals surface area contributed by atoms with Gasteiger partial charge in [-0.3, -0.25) is 0 Å². The van der Waals surface area contributed by atoms with Crippen molar-refractivity contribution in [3.05, 3.63) is 28.8 Å². The molecule has 0 amide bonds. The van der Waals surface area contributed by atoms with Gasteiger partial charge in [-0.05, 0) is 31.8 Å². The summed E-state index contributed by atoms with van der Waals surface area (Å²) >= 11 is 6.17. The van der Waals surface area contributed by atoms with Gasteiger partial charge in [0.05, 0.1) is 7.11 Å². The fraction of sp³-hybridized carbons (Fsp3) is 0.455. The highest BCUT2D eigenvalue weighted by atomic mass is 35.5. The molecule has 84 valence electrons. The van der Waals surface area contributed by atoms with Gasteiger partial charge in [-0.25, -0.2) is 0 Å². The molecule has 3 nitrogen and oxygen atoms in total. The van der Waals surface area contributed by atoms with Gasteiger partial charge in [0.25, 0.3) is 0 Å². The molecular formula is C11H17ClN2O. The van der Waals surface area contributed by atoms with Gasteiger partial charge in [-0.15, -0.1) is 0 Å². The Bertz CT molecular complexity index is 317. The number of rotatable bonds is 5. The summed E-state index contributed by atoms with van der Waals surface area (Å²) in [5, 5.41) is 7.06. The molecule has 0 saturated carbocycles. The van der Waals surface area contributed by atoms with E-state index in [9.17, 15) is 0 Å². The number of likely N-dealkylation sites (N-methyl/N-ethyl adjacent to an activating group) is 2. The van der Waals surface area contributed by atoms with E-state index in [-0.39, 0.29) is 6.04 Å². The summed E-state index contributed by atoms with van der Waals surface area (Å²) in [4.78, 5) is 0. The predicted octanol–water partition coefficient (Wildman–Crippen LogP) is 1.83. The minimum atomic E-state index is 0.216. The number of ether oxygens (including phenoxy) is 1. The molecule has 15 heavy (non-hydrogen) atoms. The number of hydrogen-bond acceptors (Lipinski definition) is 3. The van der Waals surface area contributed by atoms with Gasteiger partial charge in [0, 0.05) is 17.6 Å². The molecule has 0 saturated heterocycles. The predicted molar refractivity (Wildman–Crippen MR) is 63.7 cm³/mol. The third-order valence-corrected chi connectivity index (χ3v) is 2.67. The monoisotopic (exact) mass is 228 g/mol. The van der Waals surface area contributed by atoms with E-state index in [1.54, 1.807) is 7.11 Å². The Morgan fingerprint density at radius 1 is 1.40 bits per heavy atom. The van der Waals surface area contributed by atoms with Crippen LogP contribution in [0.15, 0.2) is 18.2 Å². The zero-order valence-electron chi connectivity index (χ0n) is 9.30. The van der Waals surface area contributed by atoms with Crippen molar-refractivity contribution >= 4 is 11.6 Å². The molecule has 1 aromatic carbocycles. The highest BCUT2D eigenvalue weighted by molar-refractivity contribution is 6.31. The van der Waals surface area contributed by atoms with Gasteiger partial charge in [-0.1, -0.05) is 17.7 Å². The molecule has 0 aliphatic carbocycles. The first-order valence-corrected chi connectivity index (χ1v) is 5.26. The summed E-state index contributed by atoms with van der Waals surface area (Å²) in [7, 11) is 5.47. The fourth-order valence-electron chi connectivity index (χ4n) is 1.49. The Labute approximate surface area is 95.8 Å². The van der Waals surface area contributed by atoms with Crippen LogP contribution in [-0.2, 0) is 0 Å². The van der Waals surface area contributed by atoms with Crippen LogP contribution in [-0.4, -0.2) is 27.7 Å². The van der Waals surface area contributed by atoms with Gasteiger partial charge in [0.2, 0.25) is 0 Å². The molecular weight excluding hydrogens is 212 g/mol. The second kappa shape index (κ2) is 5.95. The van der Waals surface area contributed by atoms with E-state index < -0.39 is 0 Å². The molecule has 4 heteroatoms. The second-order valence-corrected chi connectivity index (χ2v) is 3.69. The molecule has 0 bridgehead atoms. The van der Waals surface area contributed by atoms with E-state index in [1.165, 1.54) is 0 Å². The van der Waals surface area contributed by atoms with Gasteiger partial charge < -0.3 is 15.4 Å². The summed E-state index contributed by atoms with van der Waals surface area (Å²) in [5.41, 5.74) is 1.08. The fourth-order valence-corrected chi connectivity index (χ4v) is 1.79. The minimum absolute atomic E-state index is 0.216. The van der Waals surface area contributed by atoms with Gasteiger partial charge >= 0.3 is 0 Å². The maximum absolute atomic E-state index is 6.17.